The third kappa shape index (κ3) is 4.81. The quantitative estimate of drug-likeness (QED) is 0.433. The van der Waals surface area contributed by atoms with Crippen LogP contribution in [0.5, 0.6) is 0 Å². The molecule has 10 nitrogen and oxygen atoms in total. The van der Waals surface area contributed by atoms with Gasteiger partial charge in [0.25, 0.3) is 0 Å². The van der Waals surface area contributed by atoms with Crippen LogP contribution in [0.2, 0.25) is 0 Å². The lowest BCUT2D eigenvalue weighted by Gasteiger charge is -2.35. The summed E-state index contributed by atoms with van der Waals surface area (Å²) in [6.45, 7) is 1.91. The Balaban J connectivity index is 1.93. The molecule has 4 rings (SSSR count). The van der Waals surface area contributed by atoms with Crippen molar-refractivity contribution in [3.8, 4) is 6.07 Å². The number of methoxy groups -OCH3 is 2. The molecule has 1 aliphatic rings. The molecule has 2 heterocycles. The van der Waals surface area contributed by atoms with Crippen molar-refractivity contribution in [2.75, 3.05) is 24.4 Å². The van der Waals surface area contributed by atoms with Crippen molar-refractivity contribution in [3.63, 3.8) is 0 Å². The van der Waals surface area contributed by atoms with Gasteiger partial charge in [0.1, 0.15) is 11.5 Å². The molecule has 0 fully saturated rings. The van der Waals surface area contributed by atoms with Gasteiger partial charge < -0.3 is 20.5 Å². The Morgan fingerprint density at radius 3 is 2.47 bits per heavy atom. The maximum absolute atomic E-state index is 13.2. The summed E-state index contributed by atoms with van der Waals surface area (Å²) in [5, 5.41) is 13.4. The molecule has 1 unspecified atom stereocenters. The Bertz CT molecular complexity index is 1520. The summed E-state index contributed by atoms with van der Waals surface area (Å²) in [4.78, 5) is 44.2. The van der Waals surface area contributed by atoms with Crippen LogP contribution in [0.4, 0.5) is 10.8 Å². The van der Waals surface area contributed by atoms with Crippen molar-refractivity contribution in [1.29, 1.82) is 5.26 Å². The highest BCUT2D eigenvalue weighted by molar-refractivity contribution is 7.22. The molecule has 3 N–H and O–H groups in total. The number of ether oxygens (including phenoxy) is 2. The summed E-state index contributed by atoms with van der Waals surface area (Å²) >= 11 is 1.25. The van der Waals surface area contributed by atoms with Crippen molar-refractivity contribution in [1.82, 2.24) is 4.98 Å². The van der Waals surface area contributed by atoms with E-state index < -0.39 is 17.9 Å². The summed E-state index contributed by atoms with van der Waals surface area (Å²) in [5.74, 6) is -2.76. The summed E-state index contributed by atoms with van der Waals surface area (Å²) in [6.07, 6.45) is 1.08. The average Bonchev–Trinajstić information content (AvgIpc) is 3.33. The molecule has 0 aliphatic carbocycles. The van der Waals surface area contributed by atoms with Gasteiger partial charge in [0.15, 0.2) is 5.13 Å². The van der Waals surface area contributed by atoms with Gasteiger partial charge in [0.05, 0.1) is 47.6 Å². The molecular formula is C27H25N5O5S. The van der Waals surface area contributed by atoms with Gasteiger partial charge in [-0.25, -0.2) is 14.6 Å². The fourth-order valence-electron chi connectivity index (χ4n) is 4.30. The molecule has 0 bridgehead atoms. The second kappa shape index (κ2) is 11.1. The van der Waals surface area contributed by atoms with Crippen LogP contribution < -0.4 is 16.0 Å². The number of nitrogens with one attached hydrogen (secondary N) is 1. The van der Waals surface area contributed by atoms with Gasteiger partial charge in [-0.15, -0.1) is 0 Å². The fourth-order valence-corrected chi connectivity index (χ4v) is 5.21. The van der Waals surface area contributed by atoms with E-state index in [1.54, 1.807) is 48.5 Å². The molecule has 2 aromatic carbocycles. The van der Waals surface area contributed by atoms with Gasteiger partial charge in [0, 0.05) is 12.1 Å². The van der Waals surface area contributed by atoms with E-state index in [-0.39, 0.29) is 28.6 Å². The largest absolute Gasteiger partial charge is 0.466 e. The van der Waals surface area contributed by atoms with E-state index in [0.29, 0.717) is 39.4 Å². The van der Waals surface area contributed by atoms with E-state index >= 15 is 0 Å². The van der Waals surface area contributed by atoms with Crippen molar-refractivity contribution >= 4 is 50.2 Å². The predicted molar refractivity (Wildman–Crippen MR) is 143 cm³/mol. The van der Waals surface area contributed by atoms with Gasteiger partial charge in [0.2, 0.25) is 5.91 Å². The zero-order valence-corrected chi connectivity index (χ0v) is 21.8. The first-order valence-electron chi connectivity index (χ1n) is 11.7. The smallest absolute Gasteiger partial charge is 0.355 e. The lowest BCUT2D eigenvalue weighted by Crippen LogP contribution is -2.40. The highest BCUT2D eigenvalue weighted by atomic mass is 32.1. The first-order valence-corrected chi connectivity index (χ1v) is 12.5. The van der Waals surface area contributed by atoms with Gasteiger partial charge >= 0.3 is 11.9 Å². The van der Waals surface area contributed by atoms with Crippen molar-refractivity contribution in [2.45, 2.75) is 25.7 Å². The van der Waals surface area contributed by atoms with Crippen LogP contribution in [-0.2, 0) is 23.9 Å². The van der Waals surface area contributed by atoms with Crippen LogP contribution in [0.3, 0.4) is 0 Å². The van der Waals surface area contributed by atoms with Gasteiger partial charge in [-0.1, -0.05) is 48.6 Å². The molecule has 38 heavy (non-hydrogen) atoms. The van der Waals surface area contributed by atoms with Gasteiger partial charge in [-0.2, -0.15) is 5.26 Å². The maximum atomic E-state index is 13.2. The molecule has 0 saturated heterocycles. The summed E-state index contributed by atoms with van der Waals surface area (Å²) < 4.78 is 10.8. The van der Waals surface area contributed by atoms with E-state index in [1.165, 1.54) is 30.5 Å². The molecule has 11 heteroatoms. The third-order valence-corrected chi connectivity index (χ3v) is 6.90. The molecule has 0 radical (unpaired) electrons. The lowest BCUT2D eigenvalue weighted by atomic mass is 9.81. The third-order valence-electron chi connectivity index (χ3n) is 5.96. The predicted octanol–water partition coefficient (Wildman–Crippen LogP) is 3.93. The number of fused-ring (bicyclic) bond motifs is 1. The van der Waals surface area contributed by atoms with Crippen LogP contribution in [0, 0.1) is 11.3 Å². The number of aromatic nitrogens is 1. The molecular weight excluding hydrogens is 506 g/mol. The molecule has 1 aliphatic heterocycles. The number of hydrogen-bond acceptors (Lipinski definition) is 10. The average molecular weight is 532 g/mol. The molecule has 1 atom stereocenters. The normalized spacial score (nSPS) is 15.3. The minimum absolute atomic E-state index is 0.0326. The monoisotopic (exact) mass is 531 g/mol. The maximum Gasteiger partial charge on any atom is 0.355 e. The van der Waals surface area contributed by atoms with E-state index in [0.717, 1.165) is 0 Å². The van der Waals surface area contributed by atoms with E-state index in [4.69, 9.17) is 15.2 Å². The van der Waals surface area contributed by atoms with Crippen molar-refractivity contribution in [3.05, 3.63) is 76.8 Å². The summed E-state index contributed by atoms with van der Waals surface area (Å²) in [6, 6.07) is 16.0. The van der Waals surface area contributed by atoms with Crippen LogP contribution in [0.25, 0.3) is 10.2 Å². The Morgan fingerprint density at radius 2 is 1.84 bits per heavy atom. The summed E-state index contributed by atoms with van der Waals surface area (Å²) in [7, 11) is 2.39. The highest BCUT2D eigenvalue weighted by Gasteiger charge is 2.43. The summed E-state index contributed by atoms with van der Waals surface area (Å²) in [5.41, 5.74) is 7.97. The number of benzene rings is 2. The van der Waals surface area contributed by atoms with Gasteiger partial charge in [-0.05, 0) is 30.2 Å². The number of anilines is 2. The minimum Gasteiger partial charge on any atom is -0.466 e. The Kier molecular flexibility index (Phi) is 7.74. The number of allylic oxidation sites excluding steroid dienone is 1. The number of esters is 2. The van der Waals surface area contributed by atoms with E-state index in [2.05, 4.69) is 16.4 Å². The van der Waals surface area contributed by atoms with Crippen molar-refractivity contribution in [2.24, 2.45) is 5.73 Å². The van der Waals surface area contributed by atoms with E-state index in [1.807, 2.05) is 6.92 Å². The van der Waals surface area contributed by atoms with Crippen LogP contribution in [-0.4, -0.2) is 37.0 Å². The fraction of sp³-hybridized carbons (Fsp3) is 0.222. The zero-order chi connectivity index (χ0) is 27.4. The zero-order valence-electron chi connectivity index (χ0n) is 21.0. The molecule has 3 aromatic rings. The van der Waals surface area contributed by atoms with Crippen LogP contribution in [0.15, 0.2) is 71.2 Å². The highest BCUT2D eigenvalue weighted by Crippen LogP contribution is 2.44. The number of hydrogen-bond donors (Lipinski definition) is 2. The topological polar surface area (TPSA) is 148 Å². The van der Waals surface area contributed by atoms with Crippen molar-refractivity contribution < 1.29 is 23.9 Å². The molecule has 194 valence electrons. The molecule has 0 saturated carbocycles. The second-order valence-electron chi connectivity index (χ2n) is 8.30. The van der Waals surface area contributed by atoms with E-state index in [9.17, 15) is 19.6 Å². The number of rotatable bonds is 7. The Morgan fingerprint density at radius 1 is 1.13 bits per heavy atom. The SMILES string of the molecule is CCCC(=O)Nc1nc2ccc(N3C(N)=C(C#N)C(c4ccccc4)C(C(=O)OC)=C3C(=O)OC)cc2s1. The lowest BCUT2D eigenvalue weighted by molar-refractivity contribution is -0.139. The first kappa shape index (κ1) is 26.4. The number of nitriles is 1. The molecule has 0 spiro atoms. The molecule has 1 aromatic heterocycles. The number of carbonyl (C=O) groups is 3. The standard InChI is InChI=1S/C27H25N5O5S/c1-4-8-20(33)31-27-30-18-12-11-16(13-19(18)38-27)32-23(26(35)37-3)22(25(34)36-2)21(17(14-28)24(32)29)15-9-6-5-7-10-15/h5-7,9-13,21H,4,8,29H2,1-3H3,(H,30,31,33). The number of carbonyl (C=O) groups excluding carboxylic acids is 3. The minimum atomic E-state index is -0.952. The van der Waals surface area contributed by atoms with Gasteiger partial charge in [-0.3, -0.25) is 9.69 Å². The van der Waals surface area contributed by atoms with Crippen LogP contribution in [0.1, 0.15) is 31.2 Å². The molecule has 1 amide bonds. The first-order chi connectivity index (χ1) is 18.3. The number of amides is 1. The number of thiazole rings is 1. The van der Waals surface area contributed by atoms with Crippen LogP contribution >= 0.6 is 11.3 Å². The number of nitrogens with two attached hydrogens (primary N) is 1. The Hall–Kier alpha value is -4.69. The number of nitrogens with zero attached hydrogens (tertiary/aromatic N) is 3. The Labute approximate surface area is 223 Å². The second-order valence-corrected chi connectivity index (χ2v) is 9.34.